The van der Waals surface area contributed by atoms with Crippen molar-refractivity contribution < 1.29 is 9.18 Å². The van der Waals surface area contributed by atoms with Crippen LogP contribution >= 0.6 is 0 Å². The van der Waals surface area contributed by atoms with Gasteiger partial charge in [0.15, 0.2) is 6.29 Å². The highest BCUT2D eigenvalue weighted by atomic mass is 19.1. The van der Waals surface area contributed by atoms with E-state index in [2.05, 4.69) is 4.98 Å². The Balaban J connectivity index is 2.16. The van der Waals surface area contributed by atoms with Crippen molar-refractivity contribution in [1.82, 2.24) is 4.98 Å². The lowest BCUT2D eigenvalue weighted by Crippen LogP contribution is -1.89. The second-order valence-corrected chi connectivity index (χ2v) is 4.27. The molecule has 19 heavy (non-hydrogen) atoms. The number of halogens is 1. The molecule has 0 N–H and O–H groups in total. The van der Waals surface area contributed by atoms with E-state index in [0.29, 0.717) is 6.29 Å². The predicted molar refractivity (Wildman–Crippen MR) is 72.5 cm³/mol. The maximum absolute atomic E-state index is 13.3. The van der Waals surface area contributed by atoms with Crippen LogP contribution < -0.4 is 0 Å². The van der Waals surface area contributed by atoms with Crippen molar-refractivity contribution in [3.8, 4) is 11.1 Å². The molecule has 0 aliphatic carbocycles. The number of carbonyl (C=O) groups excluding carboxylic acids is 1. The summed E-state index contributed by atoms with van der Waals surface area (Å²) < 4.78 is 13.3. The molecule has 3 heteroatoms. The second-order valence-electron chi connectivity index (χ2n) is 4.27. The summed E-state index contributed by atoms with van der Waals surface area (Å²) in [5, 5.41) is 1.01. The van der Waals surface area contributed by atoms with Crippen LogP contribution in [0.2, 0.25) is 0 Å². The van der Waals surface area contributed by atoms with Crippen LogP contribution in [0.3, 0.4) is 0 Å². The standard InChI is InChI=1S/C16H10FNO/c17-15-6-5-11(7-14(15)10-19)13-8-12-3-1-2-4-16(12)18-9-13/h1-10H. The number of fused-ring (bicyclic) bond motifs is 1. The van der Waals surface area contributed by atoms with Gasteiger partial charge < -0.3 is 0 Å². The Morgan fingerprint density at radius 2 is 1.84 bits per heavy atom. The van der Waals surface area contributed by atoms with Gasteiger partial charge in [0.2, 0.25) is 0 Å². The zero-order chi connectivity index (χ0) is 13.2. The molecule has 0 fully saturated rings. The summed E-state index contributed by atoms with van der Waals surface area (Å²) >= 11 is 0. The van der Waals surface area contributed by atoms with Crippen molar-refractivity contribution in [2.24, 2.45) is 0 Å². The lowest BCUT2D eigenvalue weighted by atomic mass is 10.0. The Kier molecular flexibility index (Phi) is 2.80. The van der Waals surface area contributed by atoms with Gasteiger partial charge >= 0.3 is 0 Å². The van der Waals surface area contributed by atoms with Gasteiger partial charge in [-0.2, -0.15) is 0 Å². The predicted octanol–water partition coefficient (Wildman–Crippen LogP) is 3.85. The van der Waals surface area contributed by atoms with Crippen LogP contribution in [0.5, 0.6) is 0 Å². The summed E-state index contributed by atoms with van der Waals surface area (Å²) in [7, 11) is 0. The highest BCUT2D eigenvalue weighted by Gasteiger charge is 2.05. The average Bonchev–Trinajstić information content (AvgIpc) is 2.47. The van der Waals surface area contributed by atoms with E-state index in [0.717, 1.165) is 22.0 Å². The van der Waals surface area contributed by atoms with Crippen molar-refractivity contribution in [2.75, 3.05) is 0 Å². The molecule has 92 valence electrons. The van der Waals surface area contributed by atoms with E-state index in [1.807, 2.05) is 30.3 Å². The topological polar surface area (TPSA) is 30.0 Å². The van der Waals surface area contributed by atoms with Crippen molar-refractivity contribution in [3.05, 3.63) is 66.1 Å². The van der Waals surface area contributed by atoms with E-state index in [-0.39, 0.29) is 5.56 Å². The van der Waals surface area contributed by atoms with Crippen molar-refractivity contribution in [3.63, 3.8) is 0 Å². The smallest absolute Gasteiger partial charge is 0.153 e. The van der Waals surface area contributed by atoms with Crippen LogP contribution in [0.15, 0.2) is 54.7 Å². The van der Waals surface area contributed by atoms with Crippen LogP contribution in [-0.2, 0) is 0 Å². The molecule has 3 aromatic rings. The quantitative estimate of drug-likeness (QED) is 0.647. The number of nitrogens with zero attached hydrogens (tertiary/aromatic N) is 1. The zero-order valence-corrected chi connectivity index (χ0v) is 10.0. The van der Waals surface area contributed by atoms with Crippen LogP contribution in [0, 0.1) is 5.82 Å². The third-order valence-corrected chi connectivity index (χ3v) is 3.05. The molecule has 0 bridgehead atoms. The molecule has 2 aromatic carbocycles. The molecular weight excluding hydrogens is 241 g/mol. The van der Waals surface area contributed by atoms with E-state index in [9.17, 15) is 9.18 Å². The summed E-state index contributed by atoms with van der Waals surface area (Å²) in [6, 6.07) is 14.2. The number of aldehydes is 1. The first kappa shape index (κ1) is 11.5. The number of carbonyl (C=O) groups is 1. The minimum atomic E-state index is -0.507. The molecule has 0 saturated carbocycles. The van der Waals surface area contributed by atoms with E-state index in [1.54, 1.807) is 12.3 Å². The Bertz CT molecular complexity index is 768. The van der Waals surface area contributed by atoms with Crippen molar-refractivity contribution in [1.29, 1.82) is 0 Å². The fourth-order valence-corrected chi connectivity index (χ4v) is 2.04. The Morgan fingerprint density at radius 3 is 2.68 bits per heavy atom. The first-order valence-corrected chi connectivity index (χ1v) is 5.88. The van der Waals surface area contributed by atoms with Crippen molar-refractivity contribution in [2.45, 2.75) is 0 Å². The first-order valence-electron chi connectivity index (χ1n) is 5.88. The molecule has 1 heterocycles. The highest BCUT2D eigenvalue weighted by Crippen LogP contribution is 2.24. The molecule has 0 aliphatic rings. The van der Waals surface area contributed by atoms with Crippen LogP contribution in [0.4, 0.5) is 4.39 Å². The monoisotopic (exact) mass is 251 g/mol. The molecular formula is C16H10FNO. The lowest BCUT2D eigenvalue weighted by Gasteiger charge is -2.04. The summed E-state index contributed by atoms with van der Waals surface area (Å²) in [5.41, 5.74) is 2.61. The van der Waals surface area contributed by atoms with Gasteiger partial charge in [0.1, 0.15) is 5.82 Å². The molecule has 3 rings (SSSR count). The summed E-state index contributed by atoms with van der Waals surface area (Å²) in [5.74, 6) is -0.507. The van der Waals surface area contributed by atoms with E-state index < -0.39 is 5.82 Å². The molecule has 0 unspecified atom stereocenters. The highest BCUT2D eigenvalue weighted by molar-refractivity contribution is 5.85. The lowest BCUT2D eigenvalue weighted by molar-refractivity contribution is 0.112. The van der Waals surface area contributed by atoms with Crippen LogP contribution in [0.1, 0.15) is 10.4 Å². The molecule has 2 nitrogen and oxygen atoms in total. The number of hydrogen-bond acceptors (Lipinski definition) is 2. The third-order valence-electron chi connectivity index (χ3n) is 3.05. The van der Waals surface area contributed by atoms with E-state index in [1.165, 1.54) is 12.1 Å². The van der Waals surface area contributed by atoms with Gasteiger partial charge in [-0.3, -0.25) is 9.78 Å². The van der Waals surface area contributed by atoms with Gasteiger partial charge in [-0.05, 0) is 29.8 Å². The van der Waals surface area contributed by atoms with Gasteiger partial charge in [0.05, 0.1) is 11.1 Å². The molecule has 0 spiro atoms. The Hall–Kier alpha value is -2.55. The maximum atomic E-state index is 13.3. The largest absolute Gasteiger partial charge is 0.298 e. The van der Waals surface area contributed by atoms with Crippen LogP contribution in [-0.4, -0.2) is 11.3 Å². The molecule has 0 aliphatic heterocycles. The fourth-order valence-electron chi connectivity index (χ4n) is 2.04. The minimum Gasteiger partial charge on any atom is -0.298 e. The molecule has 1 aromatic heterocycles. The number of hydrogen-bond donors (Lipinski definition) is 0. The fraction of sp³-hybridized carbons (Fsp3) is 0. The summed E-state index contributed by atoms with van der Waals surface area (Å²) in [4.78, 5) is 15.1. The average molecular weight is 251 g/mol. The first-order chi connectivity index (χ1) is 9.28. The van der Waals surface area contributed by atoms with Gasteiger partial charge in [-0.15, -0.1) is 0 Å². The van der Waals surface area contributed by atoms with Crippen LogP contribution in [0.25, 0.3) is 22.0 Å². The van der Waals surface area contributed by atoms with Gasteiger partial charge in [0, 0.05) is 17.1 Å². The zero-order valence-electron chi connectivity index (χ0n) is 10.0. The molecule has 0 saturated heterocycles. The van der Waals surface area contributed by atoms with E-state index in [4.69, 9.17) is 0 Å². The molecule has 0 amide bonds. The van der Waals surface area contributed by atoms with Gasteiger partial charge in [-0.25, -0.2) is 4.39 Å². The maximum Gasteiger partial charge on any atom is 0.153 e. The number of aromatic nitrogens is 1. The minimum absolute atomic E-state index is 0.0608. The van der Waals surface area contributed by atoms with Crippen molar-refractivity contribution >= 4 is 17.2 Å². The second kappa shape index (κ2) is 4.61. The van der Waals surface area contributed by atoms with Gasteiger partial charge in [0.25, 0.3) is 0 Å². The Labute approximate surface area is 109 Å². The SMILES string of the molecule is O=Cc1cc(-c2cnc3ccccc3c2)ccc1F. The third kappa shape index (κ3) is 2.10. The number of benzene rings is 2. The molecule has 0 radical (unpaired) electrons. The Morgan fingerprint density at radius 1 is 1.00 bits per heavy atom. The number of rotatable bonds is 2. The van der Waals surface area contributed by atoms with E-state index >= 15 is 0 Å². The summed E-state index contributed by atoms with van der Waals surface area (Å²) in [6.45, 7) is 0. The van der Waals surface area contributed by atoms with Gasteiger partial charge in [-0.1, -0.05) is 24.3 Å². The normalized spacial score (nSPS) is 10.6. The number of para-hydroxylation sites is 1. The summed E-state index contributed by atoms with van der Waals surface area (Å²) in [6.07, 6.45) is 2.25. The number of pyridine rings is 1. The molecule has 0 atom stereocenters.